The van der Waals surface area contributed by atoms with E-state index in [1.54, 1.807) is 6.08 Å². The van der Waals surface area contributed by atoms with Crippen LogP contribution in [0.15, 0.2) is 43.0 Å². The molecule has 0 radical (unpaired) electrons. The number of unbranched alkanes of at least 4 members (excludes halogenated alkanes) is 1. The van der Waals surface area contributed by atoms with Crippen LogP contribution in [0.1, 0.15) is 52.6 Å². The molecule has 1 aromatic carbocycles. The van der Waals surface area contributed by atoms with Gasteiger partial charge in [0.05, 0.1) is 24.1 Å². The van der Waals surface area contributed by atoms with Crippen LogP contribution in [0.4, 0.5) is 0 Å². The number of allylic oxidation sites excluding steroid dienone is 1. The Hall–Kier alpha value is -2.88. The molecule has 0 spiro atoms. The molecule has 1 aliphatic heterocycles. The number of methoxy groups -OCH3 is 1. The maximum Gasteiger partial charge on any atom is 0.339 e. The van der Waals surface area contributed by atoms with Crippen molar-refractivity contribution in [1.29, 1.82) is 0 Å². The van der Waals surface area contributed by atoms with E-state index in [1.165, 1.54) is 7.11 Å². The van der Waals surface area contributed by atoms with Crippen LogP contribution in [0.5, 0.6) is 0 Å². The Balaban J connectivity index is 2.03. The number of carbonyl (C=O) groups excluding carboxylic acids is 2. The molecule has 134 valence electrons. The Kier molecular flexibility index (Phi) is 5.21. The molecule has 0 saturated heterocycles. The zero-order valence-electron chi connectivity index (χ0n) is 15.2. The Morgan fingerprint density at radius 3 is 2.62 bits per heavy atom. The lowest BCUT2D eigenvalue weighted by molar-refractivity contribution is -0.133. The van der Waals surface area contributed by atoms with E-state index in [-0.39, 0.29) is 11.8 Å². The van der Waals surface area contributed by atoms with Gasteiger partial charge >= 0.3 is 5.97 Å². The second kappa shape index (κ2) is 7.56. The molecular formula is C22H23NO3. The Bertz CT molecular complexity index is 885. The summed E-state index contributed by atoms with van der Waals surface area (Å²) in [4.78, 5) is 25.2. The molecular weight excluding hydrogens is 326 g/mol. The first-order valence-electron chi connectivity index (χ1n) is 8.89. The van der Waals surface area contributed by atoms with Crippen molar-refractivity contribution in [2.75, 3.05) is 7.11 Å². The second-order valence-corrected chi connectivity index (χ2v) is 6.38. The highest BCUT2D eigenvalue weighted by Crippen LogP contribution is 2.31. The maximum atomic E-state index is 13.2. The first kappa shape index (κ1) is 17.9. The third-order valence-electron chi connectivity index (χ3n) is 4.76. The van der Waals surface area contributed by atoms with Crippen LogP contribution >= 0.6 is 0 Å². The summed E-state index contributed by atoms with van der Waals surface area (Å²) in [7, 11) is 1.37. The van der Waals surface area contributed by atoms with Gasteiger partial charge < -0.3 is 9.30 Å². The van der Waals surface area contributed by atoms with Gasteiger partial charge in [0, 0.05) is 12.1 Å². The van der Waals surface area contributed by atoms with E-state index in [9.17, 15) is 9.59 Å². The molecule has 0 amide bonds. The predicted octanol–water partition coefficient (Wildman–Crippen LogP) is 4.27. The summed E-state index contributed by atoms with van der Waals surface area (Å²) in [6, 6.07) is 9.39. The van der Waals surface area contributed by atoms with E-state index < -0.39 is 0 Å². The molecule has 26 heavy (non-hydrogen) atoms. The van der Waals surface area contributed by atoms with Crippen LogP contribution in [0, 0.1) is 0 Å². The van der Waals surface area contributed by atoms with Crippen LogP contribution in [0.25, 0.3) is 11.6 Å². The zero-order chi connectivity index (χ0) is 18.7. The van der Waals surface area contributed by atoms with E-state index in [4.69, 9.17) is 4.74 Å². The molecule has 1 aromatic heterocycles. The van der Waals surface area contributed by atoms with Crippen molar-refractivity contribution in [3.05, 3.63) is 71.1 Å². The molecule has 0 saturated carbocycles. The minimum atomic E-state index is -0.363. The standard InChI is InChI=1S/C22H23NO3/c1-4-6-7-17-14-19-18(22(25)26-3)12-13-23(19)20(17)21(24)16-10-8-15(5-2)9-11-16/h5,8-12,14H,2,4,6-7,13H2,1,3H3. The van der Waals surface area contributed by atoms with Gasteiger partial charge in [-0.1, -0.05) is 50.3 Å². The third kappa shape index (κ3) is 3.15. The molecule has 0 N–H and O–H groups in total. The van der Waals surface area contributed by atoms with Crippen molar-refractivity contribution >= 4 is 23.4 Å². The van der Waals surface area contributed by atoms with Gasteiger partial charge in [0.25, 0.3) is 0 Å². The fourth-order valence-corrected chi connectivity index (χ4v) is 3.34. The van der Waals surface area contributed by atoms with Gasteiger partial charge in [0.15, 0.2) is 0 Å². The molecule has 0 atom stereocenters. The van der Waals surface area contributed by atoms with Crippen molar-refractivity contribution in [1.82, 2.24) is 4.57 Å². The normalized spacial score (nSPS) is 12.5. The number of fused-ring (bicyclic) bond motifs is 1. The number of nitrogens with zero attached hydrogens (tertiary/aromatic N) is 1. The van der Waals surface area contributed by atoms with Gasteiger partial charge in [-0.3, -0.25) is 4.79 Å². The summed E-state index contributed by atoms with van der Waals surface area (Å²) < 4.78 is 6.81. The molecule has 0 bridgehead atoms. The van der Waals surface area contributed by atoms with Crippen LogP contribution in [0.2, 0.25) is 0 Å². The molecule has 0 unspecified atom stereocenters. The van der Waals surface area contributed by atoms with Crippen molar-refractivity contribution in [2.45, 2.75) is 32.7 Å². The molecule has 3 rings (SSSR count). The fourth-order valence-electron chi connectivity index (χ4n) is 3.34. The second-order valence-electron chi connectivity index (χ2n) is 6.38. The molecule has 2 aromatic rings. The van der Waals surface area contributed by atoms with Gasteiger partial charge in [-0.25, -0.2) is 4.79 Å². The number of benzene rings is 1. The SMILES string of the molecule is C=Cc1ccc(C(=O)c2c(CCCC)cc3n2CC=C3C(=O)OC)cc1. The highest BCUT2D eigenvalue weighted by Gasteiger charge is 2.29. The summed E-state index contributed by atoms with van der Waals surface area (Å²) in [5.74, 6) is -0.380. The number of rotatable bonds is 7. The van der Waals surface area contributed by atoms with Crippen LogP contribution < -0.4 is 0 Å². The summed E-state index contributed by atoms with van der Waals surface area (Å²) in [6.45, 7) is 6.38. The monoisotopic (exact) mass is 349 g/mol. The average Bonchev–Trinajstić information content (AvgIpc) is 3.23. The number of esters is 1. The molecule has 1 aliphatic rings. The lowest BCUT2D eigenvalue weighted by Crippen LogP contribution is -2.12. The van der Waals surface area contributed by atoms with Gasteiger partial charge in [-0.2, -0.15) is 0 Å². The zero-order valence-corrected chi connectivity index (χ0v) is 15.2. The minimum absolute atomic E-state index is 0.0162. The van der Waals surface area contributed by atoms with Crippen LogP contribution in [-0.2, 0) is 22.5 Å². The number of carbonyl (C=O) groups is 2. The van der Waals surface area contributed by atoms with E-state index >= 15 is 0 Å². The Morgan fingerprint density at radius 1 is 1.27 bits per heavy atom. The summed E-state index contributed by atoms with van der Waals surface area (Å²) in [5, 5.41) is 0. The average molecular weight is 349 g/mol. The number of aromatic nitrogens is 1. The van der Waals surface area contributed by atoms with Crippen molar-refractivity contribution in [3.63, 3.8) is 0 Å². The highest BCUT2D eigenvalue weighted by molar-refractivity contribution is 6.18. The van der Waals surface area contributed by atoms with Crippen molar-refractivity contribution < 1.29 is 14.3 Å². The Morgan fingerprint density at radius 2 is 2.00 bits per heavy atom. The number of ether oxygens (including phenoxy) is 1. The van der Waals surface area contributed by atoms with E-state index in [0.717, 1.165) is 36.1 Å². The van der Waals surface area contributed by atoms with E-state index in [1.807, 2.05) is 41.0 Å². The molecule has 4 nitrogen and oxygen atoms in total. The molecule has 4 heteroatoms. The van der Waals surface area contributed by atoms with Crippen molar-refractivity contribution in [2.24, 2.45) is 0 Å². The topological polar surface area (TPSA) is 48.3 Å². The fraction of sp³-hybridized carbons (Fsp3) is 0.273. The van der Waals surface area contributed by atoms with Gasteiger partial charge in [0.1, 0.15) is 0 Å². The Labute approximate surface area is 153 Å². The number of hydrogen-bond donors (Lipinski definition) is 0. The number of ketones is 1. The lowest BCUT2D eigenvalue weighted by atomic mass is 10.0. The van der Waals surface area contributed by atoms with Gasteiger partial charge in [0.2, 0.25) is 5.78 Å². The molecule has 2 heterocycles. The van der Waals surface area contributed by atoms with E-state index in [2.05, 4.69) is 13.5 Å². The quantitative estimate of drug-likeness (QED) is 0.554. The summed E-state index contributed by atoms with van der Waals surface area (Å²) in [5.41, 5.74) is 4.59. The largest absolute Gasteiger partial charge is 0.465 e. The smallest absolute Gasteiger partial charge is 0.339 e. The third-order valence-corrected chi connectivity index (χ3v) is 4.76. The van der Waals surface area contributed by atoms with Crippen LogP contribution in [0.3, 0.4) is 0 Å². The van der Waals surface area contributed by atoms with Gasteiger partial charge in [-0.05, 0) is 36.1 Å². The summed E-state index contributed by atoms with van der Waals surface area (Å²) >= 11 is 0. The predicted molar refractivity (Wildman–Crippen MR) is 103 cm³/mol. The van der Waals surface area contributed by atoms with Gasteiger partial charge in [-0.15, -0.1) is 0 Å². The van der Waals surface area contributed by atoms with Crippen molar-refractivity contribution in [3.8, 4) is 0 Å². The highest BCUT2D eigenvalue weighted by atomic mass is 16.5. The lowest BCUT2D eigenvalue weighted by Gasteiger charge is -2.09. The first-order chi connectivity index (χ1) is 12.6. The first-order valence-corrected chi connectivity index (χ1v) is 8.89. The molecule has 0 fully saturated rings. The minimum Gasteiger partial charge on any atom is -0.465 e. The maximum absolute atomic E-state index is 13.2. The number of hydrogen-bond acceptors (Lipinski definition) is 3. The van der Waals surface area contributed by atoms with Crippen LogP contribution in [-0.4, -0.2) is 23.4 Å². The van der Waals surface area contributed by atoms with E-state index in [0.29, 0.717) is 23.4 Å². The summed E-state index contributed by atoms with van der Waals surface area (Å²) in [6.07, 6.45) is 6.43. The molecule has 0 aliphatic carbocycles. The number of aryl methyl sites for hydroxylation is 1.